The molecule has 0 aromatic carbocycles. The van der Waals surface area contributed by atoms with Crippen LogP contribution in [0.1, 0.15) is 20.7 Å². The van der Waals surface area contributed by atoms with E-state index in [0.29, 0.717) is 60.8 Å². The summed E-state index contributed by atoms with van der Waals surface area (Å²) in [6.07, 6.45) is 5.15. The van der Waals surface area contributed by atoms with Crippen molar-refractivity contribution in [2.24, 2.45) is 7.05 Å². The van der Waals surface area contributed by atoms with Crippen LogP contribution >= 0.6 is 0 Å². The second-order valence-electron chi connectivity index (χ2n) is 6.91. The van der Waals surface area contributed by atoms with Crippen LogP contribution in [0.4, 0.5) is 11.5 Å². The Hall–Kier alpha value is -3.92. The van der Waals surface area contributed by atoms with E-state index >= 15 is 0 Å². The van der Waals surface area contributed by atoms with Gasteiger partial charge in [0, 0.05) is 49.9 Å². The van der Waals surface area contributed by atoms with E-state index in [9.17, 15) is 14.4 Å². The molecule has 0 bridgehead atoms. The second kappa shape index (κ2) is 8.84. The van der Waals surface area contributed by atoms with Crippen molar-refractivity contribution in [1.29, 1.82) is 0 Å². The zero-order valence-electron chi connectivity index (χ0n) is 16.8. The molecule has 4 heterocycles. The maximum atomic E-state index is 12.5. The van der Waals surface area contributed by atoms with Crippen molar-refractivity contribution in [2.45, 2.75) is 0 Å². The lowest BCUT2D eigenvalue weighted by molar-refractivity contribution is 0.0302. The van der Waals surface area contributed by atoms with Crippen molar-refractivity contribution in [3.8, 4) is 11.3 Å². The van der Waals surface area contributed by atoms with Crippen LogP contribution in [0.5, 0.6) is 0 Å². The Balaban J connectivity index is 1.59. The van der Waals surface area contributed by atoms with E-state index in [4.69, 9.17) is 4.74 Å². The molecule has 1 aliphatic heterocycles. The molecule has 4 rings (SSSR count). The number of aromatic nitrogens is 4. The first kappa shape index (κ1) is 20.4. The number of anilines is 2. The molecule has 1 saturated heterocycles. The van der Waals surface area contributed by atoms with Crippen LogP contribution < -0.4 is 10.9 Å². The van der Waals surface area contributed by atoms with Gasteiger partial charge in [0.1, 0.15) is 11.5 Å². The Morgan fingerprint density at radius 2 is 2.00 bits per heavy atom. The number of ether oxygens (including phenoxy) is 1. The lowest BCUT2D eigenvalue weighted by Gasteiger charge is -2.26. The minimum Gasteiger partial charge on any atom is -0.378 e. The van der Waals surface area contributed by atoms with Gasteiger partial charge >= 0.3 is 0 Å². The fourth-order valence-corrected chi connectivity index (χ4v) is 3.24. The van der Waals surface area contributed by atoms with Crippen LogP contribution in [0.25, 0.3) is 11.3 Å². The lowest BCUT2D eigenvalue weighted by atomic mass is 10.1. The molecular weight excluding hydrogens is 400 g/mol. The number of carbonyl (C=O) groups is 2. The van der Waals surface area contributed by atoms with E-state index in [2.05, 4.69) is 20.4 Å². The standard InChI is InChI=1S/C21H20N6O4/c1-26-21(30)18(10-17(25-26)16-4-5-22-11-15(16)13-28)24-19-3-2-14(12-23-19)20(29)27-6-8-31-9-7-27/h2-5,10-13H,6-9H2,1H3,(H,23,24). The van der Waals surface area contributed by atoms with Crippen LogP contribution in [0.3, 0.4) is 0 Å². The third kappa shape index (κ3) is 4.33. The molecule has 31 heavy (non-hydrogen) atoms. The first-order valence-corrected chi connectivity index (χ1v) is 9.65. The average Bonchev–Trinajstić information content (AvgIpc) is 2.82. The third-order valence-corrected chi connectivity index (χ3v) is 4.89. The van der Waals surface area contributed by atoms with Gasteiger partial charge in [-0.15, -0.1) is 0 Å². The molecule has 3 aromatic heterocycles. The van der Waals surface area contributed by atoms with E-state index in [-0.39, 0.29) is 17.2 Å². The molecule has 10 nitrogen and oxygen atoms in total. The van der Waals surface area contributed by atoms with Crippen LogP contribution in [0.15, 0.2) is 47.7 Å². The van der Waals surface area contributed by atoms with E-state index in [1.54, 1.807) is 35.4 Å². The monoisotopic (exact) mass is 420 g/mol. The van der Waals surface area contributed by atoms with Crippen LogP contribution in [-0.2, 0) is 11.8 Å². The molecular formula is C21H20N6O4. The summed E-state index contributed by atoms with van der Waals surface area (Å²) in [7, 11) is 1.52. The summed E-state index contributed by atoms with van der Waals surface area (Å²) < 4.78 is 6.45. The van der Waals surface area contributed by atoms with Crippen molar-refractivity contribution in [1.82, 2.24) is 24.6 Å². The highest BCUT2D eigenvalue weighted by Crippen LogP contribution is 2.22. The number of morpholine rings is 1. The second-order valence-corrected chi connectivity index (χ2v) is 6.91. The summed E-state index contributed by atoms with van der Waals surface area (Å²) >= 11 is 0. The summed E-state index contributed by atoms with van der Waals surface area (Å²) in [6.45, 7) is 2.14. The number of hydrogen-bond donors (Lipinski definition) is 1. The molecule has 1 aliphatic rings. The number of amides is 1. The van der Waals surface area contributed by atoms with Gasteiger partial charge in [0.2, 0.25) is 0 Å². The van der Waals surface area contributed by atoms with E-state index in [1.165, 1.54) is 24.1 Å². The van der Waals surface area contributed by atoms with Gasteiger partial charge in [0.15, 0.2) is 6.29 Å². The fraction of sp³-hybridized carbons (Fsp3) is 0.238. The maximum absolute atomic E-state index is 12.5. The van der Waals surface area contributed by atoms with Gasteiger partial charge in [0.25, 0.3) is 11.5 Å². The van der Waals surface area contributed by atoms with Gasteiger partial charge in [-0.25, -0.2) is 9.67 Å². The predicted molar refractivity (Wildman–Crippen MR) is 112 cm³/mol. The van der Waals surface area contributed by atoms with Gasteiger partial charge in [-0.1, -0.05) is 0 Å². The van der Waals surface area contributed by atoms with Gasteiger partial charge < -0.3 is 15.0 Å². The first-order chi connectivity index (χ1) is 15.1. The number of aryl methyl sites for hydroxylation is 1. The molecule has 0 radical (unpaired) electrons. The average molecular weight is 420 g/mol. The summed E-state index contributed by atoms with van der Waals surface area (Å²) in [5.41, 5.74) is 1.70. The molecule has 3 aromatic rings. The number of rotatable bonds is 5. The number of pyridine rings is 2. The third-order valence-electron chi connectivity index (χ3n) is 4.89. The number of nitrogens with zero attached hydrogens (tertiary/aromatic N) is 5. The molecule has 0 saturated carbocycles. The fourth-order valence-electron chi connectivity index (χ4n) is 3.24. The first-order valence-electron chi connectivity index (χ1n) is 9.65. The normalized spacial score (nSPS) is 13.6. The number of carbonyl (C=O) groups excluding carboxylic acids is 2. The lowest BCUT2D eigenvalue weighted by Crippen LogP contribution is -2.40. The highest BCUT2D eigenvalue weighted by molar-refractivity contribution is 5.94. The molecule has 10 heteroatoms. The van der Waals surface area contributed by atoms with Crippen LogP contribution in [-0.4, -0.2) is 63.1 Å². The van der Waals surface area contributed by atoms with Gasteiger partial charge in [-0.05, 0) is 24.3 Å². The molecule has 1 N–H and O–H groups in total. The van der Waals surface area contributed by atoms with Gasteiger partial charge in [-0.2, -0.15) is 5.10 Å². The predicted octanol–water partition coefficient (Wildman–Crippen LogP) is 1.27. The van der Waals surface area contributed by atoms with Crippen molar-refractivity contribution < 1.29 is 14.3 Å². The van der Waals surface area contributed by atoms with E-state index in [0.717, 1.165) is 0 Å². The summed E-state index contributed by atoms with van der Waals surface area (Å²) in [6, 6.07) is 6.51. The molecule has 1 amide bonds. The zero-order chi connectivity index (χ0) is 21.8. The van der Waals surface area contributed by atoms with E-state index in [1.807, 2.05) is 0 Å². The maximum Gasteiger partial charge on any atom is 0.290 e. The Morgan fingerprint density at radius 1 is 1.19 bits per heavy atom. The molecule has 0 aliphatic carbocycles. The Morgan fingerprint density at radius 3 is 2.71 bits per heavy atom. The Bertz CT molecular complexity index is 1170. The quantitative estimate of drug-likeness (QED) is 0.613. The molecule has 0 atom stereocenters. The number of nitrogens with one attached hydrogen (secondary N) is 1. The molecule has 0 unspecified atom stereocenters. The van der Waals surface area contributed by atoms with Crippen LogP contribution in [0.2, 0.25) is 0 Å². The topological polar surface area (TPSA) is 119 Å². The Labute approximate surface area is 177 Å². The summed E-state index contributed by atoms with van der Waals surface area (Å²) in [5.74, 6) is 0.293. The minimum absolute atomic E-state index is 0.108. The highest BCUT2D eigenvalue weighted by Gasteiger charge is 2.19. The highest BCUT2D eigenvalue weighted by atomic mass is 16.5. The minimum atomic E-state index is -0.360. The van der Waals surface area contributed by atoms with Crippen molar-refractivity contribution in [3.05, 3.63) is 64.3 Å². The molecule has 0 spiro atoms. The zero-order valence-corrected chi connectivity index (χ0v) is 16.8. The van der Waals surface area contributed by atoms with E-state index < -0.39 is 0 Å². The van der Waals surface area contributed by atoms with Gasteiger partial charge in [-0.3, -0.25) is 19.4 Å². The van der Waals surface area contributed by atoms with Crippen LogP contribution in [0, 0.1) is 0 Å². The SMILES string of the molecule is Cn1nc(-c2ccncc2C=O)cc(Nc2ccc(C(=O)N3CCOCC3)cn2)c1=O. The van der Waals surface area contributed by atoms with Crippen molar-refractivity contribution in [2.75, 3.05) is 31.6 Å². The molecule has 158 valence electrons. The summed E-state index contributed by atoms with van der Waals surface area (Å²) in [5, 5.41) is 7.21. The summed E-state index contributed by atoms with van der Waals surface area (Å²) in [4.78, 5) is 46.4. The smallest absolute Gasteiger partial charge is 0.290 e. The largest absolute Gasteiger partial charge is 0.378 e. The van der Waals surface area contributed by atoms with Crippen molar-refractivity contribution >= 4 is 23.7 Å². The van der Waals surface area contributed by atoms with Gasteiger partial charge in [0.05, 0.1) is 24.5 Å². The number of aldehydes is 1. The number of hydrogen-bond acceptors (Lipinski definition) is 8. The van der Waals surface area contributed by atoms with Crippen molar-refractivity contribution in [3.63, 3.8) is 0 Å². The Kier molecular flexibility index (Phi) is 5.80. The molecule has 1 fully saturated rings.